The van der Waals surface area contributed by atoms with Crippen molar-refractivity contribution in [2.24, 2.45) is 0 Å². The molecule has 5 nitrogen and oxygen atoms in total. The molecule has 0 saturated heterocycles. The summed E-state index contributed by atoms with van der Waals surface area (Å²) < 4.78 is 4.86. The largest absolute Gasteiger partial charge is 0.394 e. The summed E-state index contributed by atoms with van der Waals surface area (Å²) in [6, 6.07) is 0. The number of carbonyl (C=O) groups is 1. The van der Waals surface area contributed by atoms with Gasteiger partial charge in [-0.05, 0) is 0 Å². The van der Waals surface area contributed by atoms with Crippen molar-refractivity contribution in [3.05, 3.63) is 0 Å². The fourth-order valence-corrected chi connectivity index (χ4v) is 0.766. The molecule has 0 amide bonds. The van der Waals surface area contributed by atoms with Gasteiger partial charge in [-0.3, -0.25) is 9.59 Å². The van der Waals surface area contributed by atoms with E-state index in [1.807, 2.05) is 0 Å². The summed E-state index contributed by atoms with van der Waals surface area (Å²) in [6.45, 7) is 1.08. The van der Waals surface area contributed by atoms with Crippen LogP contribution in [0.15, 0.2) is 0 Å². The van der Waals surface area contributed by atoms with Crippen LogP contribution in [0.2, 0.25) is 0 Å². The molecule has 0 fully saturated rings. The molecule has 0 aliphatic rings. The highest BCUT2D eigenvalue weighted by molar-refractivity contribution is 5.81. The maximum atomic E-state index is 10.9. The summed E-state index contributed by atoms with van der Waals surface area (Å²) in [5.74, 6) is -0.100. The van der Waals surface area contributed by atoms with Crippen molar-refractivity contribution in [1.82, 2.24) is 0 Å². The highest BCUT2D eigenvalue weighted by Gasteiger charge is 2.14. The molecule has 14 heavy (non-hydrogen) atoms. The van der Waals surface area contributed by atoms with Gasteiger partial charge in [-0.25, -0.2) is 0 Å². The van der Waals surface area contributed by atoms with Crippen molar-refractivity contribution in [3.8, 4) is 0 Å². The lowest BCUT2D eigenvalue weighted by molar-refractivity contribution is -0.121. The van der Waals surface area contributed by atoms with E-state index in [1.54, 1.807) is 13.2 Å². The van der Waals surface area contributed by atoms with Gasteiger partial charge >= 0.3 is 0 Å². The summed E-state index contributed by atoms with van der Waals surface area (Å²) in [6.07, 6.45) is -0.0977. The van der Waals surface area contributed by atoms with Crippen LogP contribution in [0.25, 0.3) is 0 Å². The number of hydrogen-bond acceptors (Lipinski definition) is 5. The molecule has 1 radical (unpaired) electrons. The number of aliphatic hydroxyl groups excluding tert-OH is 2. The Labute approximate surface area is 82.7 Å². The van der Waals surface area contributed by atoms with E-state index in [9.17, 15) is 9.59 Å². The van der Waals surface area contributed by atoms with Gasteiger partial charge in [0.2, 0.25) is 6.29 Å². The SMILES string of the molecule is CCC(=O)CC([C]=O)OCC(O)CO. The monoisotopic (exact) mass is 203 g/mol. The Morgan fingerprint density at radius 3 is 2.64 bits per heavy atom. The average Bonchev–Trinajstić information content (AvgIpc) is 2.22. The molecule has 0 aliphatic heterocycles. The summed E-state index contributed by atoms with van der Waals surface area (Å²) in [7, 11) is 0. The smallest absolute Gasteiger partial charge is 0.230 e. The van der Waals surface area contributed by atoms with E-state index in [0.717, 1.165) is 0 Å². The second kappa shape index (κ2) is 7.61. The van der Waals surface area contributed by atoms with Gasteiger partial charge in [0.05, 0.1) is 13.2 Å². The van der Waals surface area contributed by atoms with E-state index in [4.69, 9.17) is 14.9 Å². The van der Waals surface area contributed by atoms with Gasteiger partial charge in [0.1, 0.15) is 18.0 Å². The van der Waals surface area contributed by atoms with Gasteiger partial charge in [0, 0.05) is 12.8 Å². The summed E-state index contributed by atoms with van der Waals surface area (Å²) in [4.78, 5) is 21.2. The van der Waals surface area contributed by atoms with E-state index in [1.165, 1.54) is 0 Å². The minimum atomic E-state index is -1.03. The number of ketones is 1. The standard InChI is InChI=1S/C9H15O5/c1-2-7(12)3-9(5-11)14-6-8(13)4-10/h8-10,13H,2-4,6H2,1H3. The molecule has 81 valence electrons. The maximum absolute atomic E-state index is 10.9. The van der Waals surface area contributed by atoms with Crippen LogP contribution in [0.5, 0.6) is 0 Å². The van der Waals surface area contributed by atoms with Gasteiger partial charge in [-0.1, -0.05) is 6.92 Å². The molecule has 0 rings (SSSR count). The molecule has 0 aromatic rings. The van der Waals surface area contributed by atoms with Crippen molar-refractivity contribution in [2.75, 3.05) is 13.2 Å². The van der Waals surface area contributed by atoms with E-state index >= 15 is 0 Å². The summed E-state index contributed by atoms with van der Waals surface area (Å²) >= 11 is 0. The minimum absolute atomic E-state index is 0.0296. The molecule has 0 heterocycles. The molecule has 0 aliphatic carbocycles. The molecule has 0 aromatic carbocycles. The first-order valence-corrected chi connectivity index (χ1v) is 4.43. The third kappa shape index (κ3) is 5.80. The highest BCUT2D eigenvalue weighted by Crippen LogP contribution is 2.00. The van der Waals surface area contributed by atoms with Crippen molar-refractivity contribution < 1.29 is 24.5 Å². The molecule has 0 spiro atoms. The molecule has 2 unspecified atom stereocenters. The van der Waals surface area contributed by atoms with Gasteiger partial charge in [-0.15, -0.1) is 0 Å². The van der Waals surface area contributed by atoms with E-state index < -0.39 is 18.8 Å². The van der Waals surface area contributed by atoms with Gasteiger partial charge in [0.15, 0.2) is 0 Å². The highest BCUT2D eigenvalue weighted by atomic mass is 16.5. The zero-order valence-corrected chi connectivity index (χ0v) is 8.10. The quantitative estimate of drug-likeness (QED) is 0.539. The number of ether oxygens (including phenoxy) is 1. The zero-order chi connectivity index (χ0) is 11.0. The van der Waals surface area contributed by atoms with Crippen LogP contribution in [-0.4, -0.2) is 47.7 Å². The van der Waals surface area contributed by atoms with Crippen LogP contribution in [0.4, 0.5) is 0 Å². The number of aliphatic hydroxyl groups is 2. The van der Waals surface area contributed by atoms with Crippen LogP contribution in [-0.2, 0) is 14.3 Å². The first kappa shape index (κ1) is 13.2. The topological polar surface area (TPSA) is 83.8 Å². The van der Waals surface area contributed by atoms with Gasteiger partial charge in [0.25, 0.3) is 0 Å². The number of carbonyl (C=O) groups excluding carboxylic acids is 2. The predicted octanol–water partition coefficient (Wildman–Crippen LogP) is -0.796. The Kier molecular flexibility index (Phi) is 7.18. The summed E-state index contributed by atoms with van der Waals surface area (Å²) in [5.41, 5.74) is 0. The van der Waals surface area contributed by atoms with Crippen LogP contribution < -0.4 is 0 Å². The van der Waals surface area contributed by atoms with Crippen molar-refractivity contribution in [3.63, 3.8) is 0 Å². The molecule has 0 aromatic heterocycles. The van der Waals surface area contributed by atoms with E-state index in [2.05, 4.69) is 0 Å². The lowest BCUT2D eigenvalue weighted by atomic mass is 10.1. The summed E-state index contributed by atoms with van der Waals surface area (Å²) in [5, 5.41) is 17.4. The molecule has 5 heteroatoms. The molecular weight excluding hydrogens is 188 g/mol. The van der Waals surface area contributed by atoms with Crippen LogP contribution in [0.1, 0.15) is 19.8 Å². The maximum Gasteiger partial charge on any atom is 0.230 e. The van der Waals surface area contributed by atoms with Crippen LogP contribution >= 0.6 is 0 Å². The third-order valence-electron chi connectivity index (χ3n) is 1.64. The Balaban J connectivity index is 3.79. The fourth-order valence-electron chi connectivity index (χ4n) is 0.766. The average molecular weight is 203 g/mol. The molecule has 2 atom stereocenters. The second-order valence-corrected chi connectivity index (χ2v) is 2.87. The van der Waals surface area contributed by atoms with Crippen molar-refractivity contribution >= 4 is 12.1 Å². The molecule has 0 saturated carbocycles. The lowest BCUT2D eigenvalue weighted by Crippen LogP contribution is -2.26. The molecular formula is C9H15O5. The van der Waals surface area contributed by atoms with E-state index in [0.29, 0.717) is 6.42 Å². The second-order valence-electron chi connectivity index (χ2n) is 2.87. The van der Waals surface area contributed by atoms with E-state index in [-0.39, 0.29) is 18.8 Å². The Morgan fingerprint density at radius 1 is 1.57 bits per heavy atom. The first-order chi connectivity index (χ1) is 6.63. The normalized spacial score (nSPS) is 14.8. The van der Waals surface area contributed by atoms with Crippen molar-refractivity contribution in [1.29, 1.82) is 0 Å². The third-order valence-corrected chi connectivity index (χ3v) is 1.64. The lowest BCUT2D eigenvalue weighted by Gasteiger charge is -2.12. The Hall–Kier alpha value is -0.780. The van der Waals surface area contributed by atoms with Crippen LogP contribution in [0.3, 0.4) is 0 Å². The fraction of sp³-hybridized carbons (Fsp3) is 0.778. The molecule has 0 bridgehead atoms. The van der Waals surface area contributed by atoms with Crippen molar-refractivity contribution in [2.45, 2.75) is 32.0 Å². The predicted molar refractivity (Wildman–Crippen MR) is 48.4 cm³/mol. The minimum Gasteiger partial charge on any atom is -0.394 e. The Bertz CT molecular complexity index is 180. The van der Waals surface area contributed by atoms with Gasteiger partial charge in [-0.2, -0.15) is 0 Å². The molecule has 2 N–H and O–H groups in total. The number of Topliss-reactive ketones (excluding diaryl/α,β-unsaturated/α-hetero) is 1. The van der Waals surface area contributed by atoms with Crippen LogP contribution in [0, 0.1) is 0 Å². The first-order valence-electron chi connectivity index (χ1n) is 4.43. The number of rotatable bonds is 8. The van der Waals surface area contributed by atoms with Gasteiger partial charge < -0.3 is 14.9 Å². The zero-order valence-electron chi connectivity index (χ0n) is 8.10. The number of hydrogen-bond donors (Lipinski definition) is 2. The Morgan fingerprint density at radius 2 is 2.21 bits per heavy atom.